The molecule has 0 bridgehead atoms. The van der Waals surface area contributed by atoms with E-state index in [-0.39, 0.29) is 0 Å². The zero-order valence-electron chi connectivity index (χ0n) is 10.5. The van der Waals surface area contributed by atoms with Crippen LogP contribution >= 0.6 is 0 Å². The lowest BCUT2D eigenvalue weighted by Gasteiger charge is -2.26. The predicted molar refractivity (Wildman–Crippen MR) is 68.1 cm³/mol. The molecule has 0 saturated heterocycles. The molecule has 15 heavy (non-hydrogen) atoms. The Morgan fingerprint density at radius 1 is 1.33 bits per heavy atom. The fourth-order valence-electron chi connectivity index (χ4n) is 2.62. The van der Waals surface area contributed by atoms with Crippen molar-refractivity contribution in [2.24, 2.45) is 5.92 Å². The fraction of sp³-hybridized carbons (Fsp3) is 0.857. The number of hydrogen-bond donors (Lipinski definition) is 1. The molecule has 1 atom stereocenters. The zero-order valence-corrected chi connectivity index (χ0v) is 10.5. The van der Waals surface area contributed by atoms with Gasteiger partial charge in [-0.2, -0.15) is 0 Å². The first-order valence-corrected chi connectivity index (χ1v) is 6.60. The summed E-state index contributed by atoms with van der Waals surface area (Å²) in [4.78, 5) is 0. The van der Waals surface area contributed by atoms with Crippen LogP contribution in [0.5, 0.6) is 0 Å². The zero-order chi connectivity index (χ0) is 11.1. The van der Waals surface area contributed by atoms with E-state index in [0.717, 1.165) is 12.3 Å². The molecular formula is C14H27N. The van der Waals surface area contributed by atoms with E-state index in [2.05, 4.69) is 25.9 Å². The van der Waals surface area contributed by atoms with E-state index in [4.69, 9.17) is 0 Å². The van der Waals surface area contributed by atoms with Gasteiger partial charge in [0, 0.05) is 6.04 Å². The third-order valence-electron chi connectivity index (χ3n) is 3.79. The van der Waals surface area contributed by atoms with Crippen LogP contribution in [0.4, 0.5) is 0 Å². The lowest BCUT2D eigenvalue weighted by molar-refractivity contribution is 0.302. The summed E-state index contributed by atoms with van der Waals surface area (Å²) < 4.78 is 0. The Morgan fingerprint density at radius 3 is 2.53 bits per heavy atom. The van der Waals surface area contributed by atoms with Crippen LogP contribution in [0.15, 0.2) is 12.2 Å². The Hall–Kier alpha value is -0.300. The summed E-state index contributed by atoms with van der Waals surface area (Å²) in [6.07, 6.45) is 10.9. The van der Waals surface area contributed by atoms with E-state index in [9.17, 15) is 0 Å². The van der Waals surface area contributed by atoms with Gasteiger partial charge in [0.1, 0.15) is 0 Å². The van der Waals surface area contributed by atoms with Gasteiger partial charge in [-0.25, -0.2) is 0 Å². The average Bonchev–Trinajstić information content (AvgIpc) is 2.29. The van der Waals surface area contributed by atoms with Crippen LogP contribution in [-0.4, -0.2) is 13.1 Å². The summed E-state index contributed by atoms with van der Waals surface area (Å²) in [5.41, 5.74) is 1.39. The smallest absolute Gasteiger partial charge is 0.0104 e. The minimum Gasteiger partial charge on any atom is -0.317 e. The highest BCUT2D eigenvalue weighted by molar-refractivity contribution is 4.96. The lowest BCUT2D eigenvalue weighted by atomic mass is 9.83. The van der Waals surface area contributed by atoms with Gasteiger partial charge >= 0.3 is 0 Å². The van der Waals surface area contributed by atoms with Crippen LogP contribution in [0.3, 0.4) is 0 Å². The minimum atomic E-state index is 0.667. The van der Waals surface area contributed by atoms with E-state index in [1.54, 1.807) is 0 Å². The lowest BCUT2D eigenvalue weighted by Crippen LogP contribution is -2.29. The van der Waals surface area contributed by atoms with E-state index in [1.807, 2.05) is 0 Å². The maximum absolute atomic E-state index is 4.11. The predicted octanol–water partition coefficient (Wildman–Crippen LogP) is 3.90. The van der Waals surface area contributed by atoms with Crippen molar-refractivity contribution in [3.63, 3.8) is 0 Å². The number of rotatable bonds is 6. The first-order valence-electron chi connectivity index (χ1n) is 6.60. The van der Waals surface area contributed by atoms with Gasteiger partial charge in [-0.05, 0) is 32.2 Å². The summed E-state index contributed by atoms with van der Waals surface area (Å²) in [6, 6.07) is 0.667. The van der Waals surface area contributed by atoms with Gasteiger partial charge in [0.15, 0.2) is 0 Å². The second-order valence-corrected chi connectivity index (χ2v) is 5.03. The molecule has 1 N–H and O–H groups in total. The van der Waals surface area contributed by atoms with Crippen molar-refractivity contribution in [3.8, 4) is 0 Å². The third kappa shape index (κ3) is 4.83. The van der Waals surface area contributed by atoms with Crippen LogP contribution in [0.1, 0.15) is 58.3 Å². The summed E-state index contributed by atoms with van der Waals surface area (Å²) in [7, 11) is 2.09. The van der Waals surface area contributed by atoms with Gasteiger partial charge in [-0.15, -0.1) is 0 Å². The van der Waals surface area contributed by atoms with Crippen molar-refractivity contribution in [2.75, 3.05) is 7.05 Å². The molecule has 1 aliphatic carbocycles. The van der Waals surface area contributed by atoms with Crippen LogP contribution < -0.4 is 5.32 Å². The Labute approximate surface area is 95.3 Å². The van der Waals surface area contributed by atoms with Crippen LogP contribution in [0.2, 0.25) is 0 Å². The molecule has 1 heteroatoms. The van der Waals surface area contributed by atoms with Crippen molar-refractivity contribution < 1.29 is 0 Å². The van der Waals surface area contributed by atoms with E-state index >= 15 is 0 Å². The molecule has 0 aromatic carbocycles. The van der Waals surface area contributed by atoms with Gasteiger partial charge in [0.2, 0.25) is 0 Å². The monoisotopic (exact) mass is 209 g/mol. The molecule has 0 heterocycles. The van der Waals surface area contributed by atoms with Crippen LogP contribution in [0, 0.1) is 5.92 Å². The SMILES string of the molecule is C=C(CC)CC(CC1CCCCC1)NC. The molecule has 1 nitrogen and oxygen atoms in total. The van der Waals surface area contributed by atoms with Crippen molar-refractivity contribution in [1.29, 1.82) is 0 Å². The second-order valence-electron chi connectivity index (χ2n) is 5.03. The maximum atomic E-state index is 4.11. The highest BCUT2D eigenvalue weighted by atomic mass is 14.9. The van der Waals surface area contributed by atoms with Crippen molar-refractivity contribution >= 4 is 0 Å². The molecule has 1 unspecified atom stereocenters. The third-order valence-corrected chi connectivity index (χ3v) is 3.79. The van der Waals surface area contributed by atoms with Gasteiger partial charge in [-0.3, -0.25) is 0 Å². The molecule has 0 radical (unpaired) electrons. The Balaban J connectivity index is 2.28. The number of hydrogen-bond acceptors (Lipinski definition) is 1. The van der Waals surface area contributed by atoms with E-state index in [1.165, 1.54) is 50.5 Å². The molecule has 1 fully saturated rings. The number of nitrogens with one attached hydrogen (secondary N) is 1. The van der Waals surface area contributed by atoms with Crippen molar-refractivity contribution in [2.45, 2.75) is 64.3 Å². The molecule has 88 valence electrons. The minimum absolute atomic E-state index is 0.667. The summed E-state index contributed by atoms with van der Waals surface area (Å²) in [6.45, 7) is 6.32. The topological polar surface area (TPSA) is 12.0 Å². The fourth-order valence-corrected chi connectivity index (χ4v) is 2.62. The largest absolute Gasteiger partial charge is 0.317 e. The molecule has 1 aliphatic rings. The summed E-state index contributed by atoms with van der Waals surface area (Å²) in [5, 5.41) is 3.45. The second kappa shape index (κ2) is 7.05. The quantitative estimate of drug-likeness (QED) is 0.654. The van der Waals surface area contributed by atoms with Crippen molar-refractivity contribution in [3.05, 3.63) is 12.2 Å². The molecule has 1 rings (SSSR count). The molecule has 0 spiro atoms. The molecule has 0 amide bonds. The van der Waals surface area contributed by atoms with E-state index in [0.29, 0.717) is 6.04 Å². The molecular weight excluding hydrogens is 182 g/mol. The Morgan fingerprint density at radius 2 is 2.00 bits per heavy atom. The van der Waals surface area contributed by atoms with Crippen molar-refractivity contribution in [1.82, 2.24) is 5.32 Å². The highest BCUT2D eigenvalue weighted by Crippen LogP contribution is 2.28. The highest BCUT2D eigenvalue weighted by Gasteiger charge is 2.18. The Bertz CT molecular complexity index is 180. The van der Waals surface area contributed by atoms with Gasteiger partial charge in [0.05, 0.1) is 0 Å². The van der Waals surface area contributed by atoms with E-state index < -0.39 is 0 Å². The molecule has 1 saturated carbocycles. The normalized spacial score (nSPS) is 20.1. The first kappa shape index (κ1) is 12.8. The Kier molecular flexibility index (Phi) is 6.00. The van der Waals surface area contributed by atoms with Gasteiger partial charge in [0.25, 0.3) is 0 Å². The summed E-state index contributed by atoms with van der Waals surface area (Å²) >= 11 is 0. The van der Waals surface area contributed by atoms with Crippen LogP contribution in [-0.2, 0) is 0 Å². The van der Waals surface area contributed by atoms with Gasteiger partial charge in [-0.1, -0.05) is 51.2 Å². The molecule has 0 aromatic rings. The average molecular weight is 209 g/mol. The maximum Gasteiger partial charge on any atom is 0.0104 e. The molecule has 0 aliphatic heterocycles. The van der Waals surface area contributed by atoms with Gasteiger partial charge < -0.3 is 5.32 Å². The first-order chi connectivity index (χ1) is 7.26. The standard InChI is InChI=1S/C14H27N/c1-4-12(2)10-14(15-3)11-13-8-6-5-7-9-13/h13-15H,2,4-11H2,1,3H3. The van der Waals surface area contributed by atoms with Crippen LogP contribution in [0.25, 0.3) is 0 Å². The molecule has 0 aromatic heterocycles. The summed E-state index contributed by atoms with van der Waals surface area (Å²) in [5.74, 6) is 0.973.